The zero-order valence-corrected chi connectivity index (χ0v) is 34.4. The Hall–Kier alpha value is -6.58. The molecule has 2 fully saturated rings. The second-order valence-corrected chi connectivity index (χ2v) is 18.2. The lowest BCUT2D eigenvalue weighted by Crippen LogP contribution is -2.29. The maximum absolute atomic E-state index is 6.78. The lowest BCUT2D eigenvalue weighted by Gasteiger charge is -2.37. The van der Waals surface area contributed by atoms with Gasteiger partial charge in [-0.3, -0.25) is 0 Å². The maximum Gasteiger partial charge on any atom is 0.160 e. The topological polar surface area (TPSA) is 38.9 Å². The Morgan fingerprint density at radius 3 is 1.67 bits per heavy atom. The predicted octanol–water partition coefficient (Wildman–Crippen LogP) is 15.5. The van der Waals surface area contributed by atoms with E-state index in [1.54, 1.807) is 22.3 Å². The van der Waals surface area contributed by atoms with Crippen molar-refractivity contribution in [2.45, 2.75) is 75.0 Å². The molecular formula is C58H46N2O. The predicted molar refractivity (Wildman–Crippen MR) is 250 cm³/mol. The van der Waals surface area contributed by atoms with Gasteiger partial charge < -0.3 is 4.42 Å². The van der Waals surface area contributed by atoms with E-state index >= 15 is 0 Å². The molecule has 0 atom stereocenters. The first-order chi connectivity index (χ1) is 30.2. The third kappa shape index (κ3) is 5.22. The molecule has 3 nitrogen and oxygen atoms in total. The van der Waals surface area contributed by atoms with E-state index in [0.717, 1.165) is 50.0 Å². The van der Waals surface area contributed by atoms with Gasteiger partial charge in [-0.2, -0.15) is 0 Å². The van der Waals surface area contributed by atoms with Crippen LogP contribution >= 0.6 is 0 Å². The van der Waals surface area contributed by atoms with E-state index in [9.17, 15) is 0 Å². The second kappa shape index (κ2) is 13.5. The molecule has 0 N–H and O–H groups in total. The summed E-state index contributed by atoms with van der Waals surface area (Å²) in [5.41, 5.74) is 21.5. The van der Waals surface area contributed by atoms with Gasteiger partial charge in [-0.1, -0.05) is 154 Å². The number of aromatic nitrogens is 2. The molecule has 7 aromatic carbocycles. The summed E-state index contributed by atoms with van der Waals surface area (Å²) in [6, 6.07) is 58.1. The number of furan rings is 1. The molecule has 294 valence electrons. The lowest BCUT2D eigenvalue weighted by molar-refractivity contribution is 0.350. The fraction of sp³-hybridized carbons (Fsp3) is 0.207. The van der Waals surface area contributed by atoms with E-state index < -0.39 is 0 Å². The van der Waals surface area contributed by atoms with Crippen LogP contribution in [0.15, 0.2) is 162 Å². The van der Waals surface area contributed by atoms with Crippen molar-refractivity contribution in [1.82, 2.24) is 9.97 Å². The van der Waals surface area contributed by atoms with Crippen molar-refractivity contribution in [2.75, 3.05) is 0 Å². The molecule has 9 aromatic rings. The van der Waals surface area contributed by atoms with Gasteiger partial charge in [0.15, 0.2) is 5.82 Å². The van der Waals surface area contributed by atoms with E-state index in [2.05, 4.69) is 133 Å². The van der Waals surface area contributed by atoms with Crippen LogP contribution in [-0.4, -0.2) is 9.97 Å². The van der Waals surface area contributed by atoms with Gasteiger partial charge in [0.05, 0.1) is 11.4 Å². The molecule has 0 bridgehead atoms. The van der Waals surface area contributed by atoms with Crippen LogP contribution in [0.25, 0.3) is 89.2 Å². The summed E-state index contributed by atoms with van der Waals surface area (Å²) in [5, 5.41) is 2.22. The largest absolute Gasteiger partial charge is 0.455 e. The van der Waals surface area contributed by atoms with E-state index in [4.69, 9.17) is 14.4 Å². The summed E-state index contributed by atoms with van der Waals surface area (Å²) >= 11 is 0. The van der Waals surface area contributed by atoms with Crippen molar-refractivity contribution in [3.63, 3.8) is 0 Å². The monoisotopic (exact) mass is 786 g/mol. The summed E-state index contributed by atoms with van der Waals surface area (Å²) < 4.78 is 6.78. The first kappa shape index (κ1) is 35.2. The highest BCUT2D eigenvalue weighted by atomic mass is 16.3. The molecule has 0 aliphatic heterocycles. The van der Waals surface area contributed by atoms with Gasteiger partial charge in [0.1, 0.15) is 11.2 Å². The normalized spacial score (nSPS) is 16.8. The Morgan fingerprint density at radius 2 is 0.934 bits per heavy atom. The average molecular weight is 787 g/mol. The third-order valence-corrected chi connectivity index (χ3v) is 15.1. The summed E-state index contributed by atoms with van der Waals surface area (Å²) in [5.74, 6) is 0.699. The Labute approximate surface area is 357 Å². The summed E-state index contributed by atoms with van der Waals surface area (Å²) in [6.07, 6.45) is 12.8. The molecule has 13 rings (SSSR count). The highest BCUT2D eigenvalue weighted by Gasteiger charge is 2.49. The van der Waals surface area contributed by atoms with Gasteiger partial charge in [-0.15, -0.1) is 0 Å². The number of fused-ring (bicyclic) bond motifs is 13. The molecule has 2 aromatic heterocycles. The van der Waals surface area contributed by atoms with Crippen LogP contribution < -0.4 is 0 Å². The Morgan fingerprint density at radius 1 is 0.361 bits per heavy atom. The maximum atomic E-state index is 6.78. The van der Waals surface area contributed by atoms with E-state index in [1.807, 2.05) is 24.3 Å². The van der Waals surface area contributed by atoms with Gasteiger partial charge in [-0.05, 0) is 124 Å². The van der Waals surface area contributed by atoms with Crippen molar-refractivity contribution < 1.29 is 4.42 Å². The van der Waals surface area contributed by atoms with Gasteiger partial charge in [0.2, 0.25) is 0 Å². The number of benzene rings is 7. The van der Waals surface area contributed by atoms with Crippen LogP contribution in [0.1, 0.15) is 86.5 Å². The zero-order chi connectivity index (χ0) is 40.1. The number of para-hydroxylation sites is 1. The van der Waals surface area contributed by atoms with Crippen LogP contribution in [0.2, 0.25) is 0 Å². The molecule has 0 radical (unpaired) electrons. The second-order valence-electron chi connectivity index (χ2n) is 18.2. The molecule has 2 heterocycles. The third-order valence-electron chi connectivity index (χ3n) is 15.1. The molecule has 0 saturated heterocycles. The van der Waals surface area contributed by atoms with Crippen molar-refractivity contribution >= 4 is 21.9 Å². The Balaban J connectivity index is 0.934. The van der Waals surface area contributed by atoms with Crippen LogP contribution in [0.3, 0.4) is 0 Å². The lowest BCUT2D eigenvalue weighted by atomic mass is 9.66. The Kier molecular flexibility index (Phi) is 7.77. The minimum absolute atomic E-state index is 0.0569. The minimum atomic E-state index is 0.0569. The van der Waals surface area contributed by atoms with Crippen molar-refractivity contribution in [1.29, 1.82) is 0 Å². The first-order valence-corrected chi connectivity index (χ1v) is 22.6. The summed E-state index contributed by atoms with van der Waals surface area (Å²) in [4.78, 5) is 10.2. The smallest absolute Gasteiger partial charge is 0.160 e. The zero-order valence-electron chi connectivity index (χ0n) is 34.4. The van der Waals surface area contributed by atoms with Gasteiger partial charge in [-0.25, -0.2) is 9.97 Å². The molecule has 61 heavy (non-hydrogen) atoms. The van der Waals surface area contributed by atoms with Crippen molar-refractivity contribution in [3.8, 4) is 67.3 Å². The quantitative estimate of drug-likeness (QED) is 0.178. The summed E-state index contributed by atoms with van der Waals surface area (Å²) in [6.45, 7) is 0. The van der Waals surface area contributed by atoms with Crippen LogP contribution in [0, 0.1) is 0 Å². The Bertz CT molecular complexity index is 3140. The molecule has 3 heteroatoms. The molecule has 4 aliphatic rings. The first-order valence-electron chi connectivity index (χ1n) is 22.6. The average Bonchev–Trinajstić information content (AvgIpc) is 3.92. The number of rotatable bonds is 4. The van der Waals surface area contributed by atoms with E-state index in [0.29, 0.717) is 5.82 Å². The molecule has 2 spiro atoms. The van der Waals surface area contributed by atoms with Gasteiger partial charge >= 0.3 is 0 Å². The van der Waals surface area contributed by atoms with Crippen LogP contribution in [0.4, 0.5) is 0 Å². The highest BCUT2D eigenvalue weighted by molar-refractivity contribution is 6.10. The molecule has 0 unspecified atom stereocenters. The molecule has 0 amide bonds. The van der Waals surface area contributed by atoms with E-state index in [-0.39, 0.29) is 10.8 Å². The highest BCUT2D eigenvalue weighted by Crippen LogP contribution is 2.62. The van der Waals surface area contributed by atoms with Crippen LogP contribution in [0.5, 0.6) is 0 Å². The van der Waals surface area contributed by atoms with Crippen molar-refractivity contribution in [3.05, 3.63) is 180 Å². The standard InChI is InChI=1S/C58H46N2O/c1-5-16-37(17-6-1)52-36-53(60-56(59-52)38-18-7-2-8-19-38)44-22-15-21-43-47-32-39(25-27-54(47)61-55(43)44)40-24-26-42-46-35-50-45(34-51(46)58(49(42)33-40)30-13-4-14-31-58)41-20-9-10-23-48(41)57(50)28-11-3-12-29-57/h1-2,5-10,15-27,32-36H,3-4,11-14,28-31H2. The fourth-order valence-electron chi connectivity index (χ4n) is 12.2. The minimum Gasteiger partial charge on any atom is -0.455 e. The SMILES string of the molecule is c1ccc(-c2cc(-c3cccc4c3oc3ccc(-c5ccc6c(c5)C5(CCCCC5)c5cc7c(cc5-6)C5(CCCCC5)c5ccccc5-7)cc34)nc(-c3ccccc3)n2)cc1. The van der Waals surface area contributed by atoms with Gasteiger partial charge in [0.25, 0.3) is 0 Å². The van der Waals surface area contributed by atoms with E-state index in [1.165, 1.54) is 97.6 Å². The van der Waals surface area contributed by atoms with Crippen LogP contribution in [-0.2, 0) is 10.8 Å². The van der Waals surface area contributed by atoms with Gasteiger partial charge in [0, 0.05) is 38.3 Å². The van der Waals surface area contributed by atoms with Crippen molar-refractivity contribution in [2.24, 2.45) is 0 Å². The number of hydrogen-bond acceptors (Lipinski definition) is 3. The number of hydrogen-bond donors (Lipinski definition) is 0. The molecular weight excluding hydrogens is 741 g/mol. The fourth-order valence-corrected chi connectivity index (χ4v) is 12.2. The summed E-state index contributed by atoms with van der Waals surface area (Å²) in [7, 11) is 0. The molecule has 2 saturated carbocycles. The number of nitrogens with zero attached hydrogens (tertiary/aromatic N) is 2. The molecule has 4 aliphatic carbocycles.